The van der Waals surface area contributed by atoms with Gasteiger partial charge in [-0.1, -0.05) is 6.07 Å². The number of benzene rings is 2. The Kier molecular flexibility index (Phi) is 6.91. The Bertz CT molecular complexity index is 972. The van der Waals surface area contributed by atoms with Crippen molar-refractivity contribution in [3.05, 3.63) is 78.1 Å². The summed E-state index contributed by atoms with van der Waals surface area (Å²) in [5.74, 6) is 1.47. The van der Waals surface area contributed by atoms with Crippen molar-refractivity contribution >= 4 is 17.2 Å². The van der Waals surface area contributed by atoms with E-state index in [-0.39, 0.29) is 11.9 Å². The molecule has 0 unspecified atom stereocenters. The highest BCUT2D eigenvalue weighted by atomic mass is 16.5. The molecule has 0 aliphatic heterocycles. The van der Waals surface area contributed by atoms with E-state index in [1.165, 1.54) is 0 Å². The van der Waals surface area contributed by atoms with Crippen molar-refractivity contribution < 1.29 is 9.47 Å². The van der Waals surface area contributed by atoms with E-state index in [9.17, 15) is 0 Å². The SMILES string of the molecule is CCOc1cc(N(Cc2ccccn2)c2ccc(C(=N)N)cc2)ccc1OC(C)C. The summed E-state index contributed by atoms with van der Waals surface area (Å²) in [6, 6.07) is 19.4. The Labute approximate surface area is 177 Å². The van der Waals surface area contributed by atoms with E-state index in [1.807, 2.05) is 81.4 Å². The number of anilines is 2. The number of amidine groups is 1. The highest BCUT2D eigenvalue weighted by molar-refractivity contribution is 5.95. The molecule has 0 spiro atoms. The van der Waals surface area contributed by atoms with Gasteiger partial charge in [0.1, 0.15) is 5.84 Å². The molecule has 0 atom stereocenters. The number of hydrogen-bond acceptors (Lipinski definition) is 5. The minimum Gasteiger partial charge on any atom is -0.490 e. The van der Waals surface area contributed by atoms with Crippen molar-refractivity contribution in [2.45, 2.75) is 33.4 Å². The molecule has 1 heterocycles. The third kappa shape index (κ3) is 5.29. The number of nitrogen functional groups attached to an aromatic ring is 1. The van der Waals surface area contributed by atoms with Gasteiger partial charge in [0.2, 0.25) is 0 Å². The normalized spacial score (nSPS) is 10.7. The predicted molar refractivity (Wildman–Crippen MR) is 121 cm³/mol. The van der Waals surface area contributed by atoms with Gasteiger partial charge in [0.25, 0.3) is 0 Å². The van der Waals surface area contributed by atoms with Crippen molar-refractivity contribution in [3.63, 3.8) is 0 Å². The molecule has 0 aliphatic carbocycles. The highest BCUT2D eigenvalue weighted by Crippen LogP contribution is 2.36. The molecule has 3 rings (SSSR count). The fraction of sp³-hybridized carbons (Fsp3) is 0.250. The number of nitrogens with zero attached hydrogens (tertiary/aromatic N) is 2. The van der Waals surface area contributed by atoms with Gasteiger partial charge in [-0.15, -0.1) is 0 Å². The summed E-state index contributed by atoms with van der Waals surface area (Å²) in [5.41, 5.74) is 9.16. The number of hydrogen-bond donors (Lipinski definition) is 2. The van der Waals surface area contributed by atoms with Crippen LogP contribution in [0, 0.1) is 5.41 Å². The molecular formula is C24H28N4O2. The standard InChI is InChI=1S/C24H28N4O2/c1-4-29-23-15-21(12-13-22(23)30-17(2)3)28(16-19-7-5-6-14-27-19)20-10-8-18(9-11-20)24(25)26/h5-15,17H,4,16H2,1-3H3,(H3,25,26). The maximum atomic E-state index is 7.63. The zero-order valence-corrected chi connectivity index (χ0v) is 17.6. The minimum absolute atomic E-state index is 0.0478. The van der Waals surface area contributed by atoms with Crippen molar-refractivity contribution in [1.82, 2.24) is 4.98 Å². The molecule has 0 aliphatic rings. The average Bonchev–Trinajstić information content (AvgIpc) is 2.74. The molecule has 3 N–H and O–H groups in total. The van der Waals surface area contributed by atoms with Crippen LogP contribution in [0.4, 0.5) is 11.4 Å². The van der Waals surface area contributed by atoms with Gasteiger partial charge in [-0.05, 0) is 69.3 Å². The number of rotatable bonds is 9. The summed E-state index contributed by atoms with van der Waals surface area (Å²) in [4.78, 5) is 6.63. The lowest BCUT2D eigenvalue weighted by molar-refractivity contribution is 0.224. The molecule has 0 saturated heterocycles. The van der Waals surface area contributed by atoms with Gasteiger partial charge < -0.3 is 20.1 Å². The maximum absolute atomic E-state index is 7.63. The van der Waals surface area contributed by atoms with Gasteiger partial charge in [-0.2, -0.15) is 0 Å². The Hall–Kier alpha value is -3.54. The van der Waals surface area contributed by atoms with E-state index in [1.54, 1.807) is 6.20 Å². The smallest absolute Gasteiger partial charge is 0.163 e. The number of pyridine rings is 1. The number of ether oxygens (including phenoxy) is 2. The summed E-state index contributed by atoms with van der Waals surface area (Å²) in [6.07, 6.45) is 1.84. The van der Waals surface area contributed by atoms with Crippen LogP contribution in [0.2, 0.25) is 0 Å². The molecule has 6 nitrogen and oxygen atoms in total. The van der Waals surface area contributed by atoms with Crippen molar-refractivity contribution in [2.75, 3.05) is 11.5 Å². The van der Waals surface area contributed by atoms with E-state index in [4.69, 9.17) is 20.6 Å². The molecule has 6 heteroatoms. The summed E-state index contributed by atoms with van der Waals surface area (Å²) in [6.45, 7) is 7.07. The molecule has 2 aromatic carbocycles. The molecule has 0 bridgehead atoms. The van der Waals surface area contributed by atoms with E-state index in [0.29, 0.717) is 24.5 Å². The fourth-order valence-corrected chi connectivity index (χ4v) is 3.09. The maximum Gasteiger partial charge on any atom is 0.163 e. The third-order valence-electron chi connectivity index (χ3n) is 4.44. The summed E-state index contributed by atoms with van der Waals surface area (Å²) >= 11 is 0. The van der Waals surface area contributed by atoms with Gasteiger partial charge in [0.05, 0.1) is 24.9 Å². The molecule has 30 heavy (non-hydrogen) atoms. The zero-order chi connectivity index (χ0) is 21.5. The minimum atomic E-state index is 0.0478. The second-order valence-electron chi connectivity index (χ2n) is 7.10. The monoisotopic (exact) mass is 404 g/mol. The molecule has 0 radical (unpaired) electrons. The first-order chi connectivity index (χ1) is 14.5. The van der Waals surface area contributed by atoms with Crippen molar-refractivity contribution in [2.24, 2.45) is 5.73 Å². The second-order valence-corrected chi connectivity index (χ2v) is 7.10. The lowest BCUT2D eigenvalue weighted by Gasteiger charge is -2.26. The Balaban J connectivity index is 2.02. The van der Waals surface area contributed by atoms with Gasteiger partial charge in [-0.3, -0.25) is 10.4 Å². The first kappa shape index (κ1) is 21.2. The van der Waals surface area contributed by atoms with Crippen LogP contribution in [0.1, 0.15) is 32.0 Å². The number of nitrogens with two attached hydrogens (primary N) is 1. The molecule has 3 aromatic rings. The highest BCUT2D eigenvalue weighted by Gasteiger charge is 2.15. The molecule has 0 amide bonds. The summed E-state index contributed by atoms with van der Waals surface area (Å²) in [7, 11) is 0. The van der Waals surface area contributed by atoms with Crippen LogP contribution in [-0.2, 0) is 6.54 Å². The Morgan fingerprint density at radius 3 is 2.37 bits per heavy atom. The number of aromatic nitrogens is 1. The van der Waals surface area contributed by atoms with Crippen molar-refractivity contribution in [1.29, 1.82) is 5.41 Å². The Morgan fingerprint density at radius 2 is 1.77 bits per heavy atom. The van der Waals surface area contributed by atoms with Crippen LogP contribution < -0.4 is 20.1 Å². The first-order valence-electron chi connectivity index (χ1n) is 10.0. The van der Waals surface area contributed by atoms with Gasteiger partial charge in [0, 0.05) is 29.2 Å². The Morgan fingerprint density at radius 1 is 1.03 bits per heavy atom. The summed E-state index contributed by atoms with van der Waals surface area (Å²) in [5, 5.41) is 7.63. The molecular weight excluding hydrogens is 376 g/mol. The average molecular weight is 405 g/mol. The van der Waals surface area contributed by atoms with E-state index in [2.05, 4.69) is 9.88 Å². The molecule has 156 valence electrons. The van der Waals surface area contributed by atoms with Gasteiger partial charge >= 0.3 is 0 Å². The van der Waals surface area contributed by atoms with Crippen molar-refractivity contribution in [3.8, 4) is 11.5 Å². The lowest BCUT2D eigenvalue weighted by Crippen LogP contribution is -2.18. The largest absolute Gasteiger partial charge is 0.490 e. The van der Waals surface area contributed by atoms with E-state index >= 15 is 0 Å². The first-order valence-corrected chi connectivity index (χ1v) is 10.0. The van der Waals surface area contributed by atoms with E-state index in [0.717, 1.165) is 22.8 Å². The second kappa shape index (κ2) is 9.78. The molecule has 1 aromatic heterocycles. The fourth-order valence-electron chi connectivity index (χ4n) is 3.09. The third-order valence-corrected chi connectivity index (χ3v) is 4.44. The quantitative estimate of drug-likeness (QED) is 0.392. The van der Waals surface area contributed by atoms with Gasteiger partial charge in [-0.25, -0.2) is 0 Å². The lowest BCUT2D eigenvalue weighted by atomic mass is 10.1. The number of nitrogens with one attached hydrogen (secondary N) is 1. The van der Waals surface area contributed by atoms with Crippen LogP contribution in [-0.4, -0.2) is 23.5 Å². The van der Waals surface area contributed by atoms with Crippen LogP contribution in [0.15, 0.2) is 66.9 Å². The van der Waals surface area contributed by atoms with Crippen LogP contribution >= 0.6 is 0 Å². The molecule has 0 saturated carbocycles. The van der Waals surface area contributed by atoms with Crippen LogP contribution in [0.3, 0.4) is 0 Å². The van der Waals surface area contributed by atoms with Gasteiger partial charge in [0.15, 0.2) is 11.5 Å². The zero-order valence-electron chi connectivity index (χ0n) is 17.6. The topological polar surface area (TPSA) is 84.5 Å². The van der Waals surface area contributed by atoms with Crippen LogP contribution in [0.25, 0.3) is 0 Å². The summed E-state index contributed by atoms with van der Waals surface area (Å²) < 4.78 is 11.8. The molecule has 0 fully saturated rings. The van der Waals surface area contributed by atoms with Crippen LogP contribution in [0.5, 0.6) is 11.5 Å². The predicted octanol–water partition coefficient (Wildman–Crippen LogP) is 4.89. The van der Waals surface area contributed by atoms with E-state index < -0.39 is 0 Å².